The zero-order chi connectivity index (χ0) is 10.8. The highest BCUT2D eigenvalue weighted by atomic mass is 14.9. The molecule has 0 aliphatic rings. The lowest BCUT2D eigenvalue weighted by Gasteiger charge is -1.83. The van der Waals surface area contributed by atoms with E-state index in [1.54, 1.807) is 12.5 Å². The highest BCUT2D eigenvalue weighted by molar-refractivity contribution is 5.78. The van der Waals surface area contributed by atoms with E-state index in [0.717, 1.165) is 22.6 Å². The second-order valence-corrected chi connectivity index (χ2v) is 3.48. The van der Waals surface area contributed by atoms with Crippen LogP contribution in [-0.2, 0) is 0 Å². The van der Waals surface area contributed by atoms with Crippen LogP contribution in [0.4, 0.5) is 0 Å². The van der Waals surface area contributed by atoms with Crippen molar-refractivity contribution in [1.29, 1.82) is 0 Å². The van der Waals surface area contributed by atoms with Gasteiger partial charge in [-0.15, -0.1) is 0 Å². The second-order valence-electron chi connectivity index (χ2n) is 3.48. The third kappa shape index (κ3) is 1.61. The van der Waals surface area contributed by atoms with Crippen LogP contribution in [0.3, 0.4) is 0 Å². The number of hydrogen-bond donors (Lipinski definition) is 2. The van der Waals surface area contributed by atoms with Gasteiger partial charge in [-0.05, 0) is 24.3 Å². The number of rotatable bonds is 2. The maximum absolute atomic E-state index is 4.44. The molecular weight excluding hydrogens is 200 g/mol. The van der Waals surface area contributed by atoms with Crippen LogP contribution in [0.25, 0.3) is 23.2 Å². The van der Waals surface area contributed by atoms with Gasteiger partial charge in [0, 0.05) is 0 Å². The first-order valence-electron chi connectivity index (χ1n) is 5.03. The highest BCUT2D eigenvalue weighted by Crippen LogP contribution is 2.11. The van der Waals surface area contributed by atoms with Gasteiger partial charge in [0.25, 0.3) is 0 Å². The van der Waals surface area contributed by atoms with Crippen molar-refractivity contribution < 1.29 is 0 Å². The maximum atomic E-state index is 4.44. The van der Waals surface area contributed by atoms with Crippen LogP contribution in [0.5, 0.6) is 0 Å². The van der Waals surface area contributed by atoms with E-state index in [2.05, 4.69) is 19.9 Å². The fraction of sp³-hybridized carbons (Fsp3) is 0. The molecule has 3 aromatic rings. The number of imidazole rings is 2. The lowest BCUT2D eigenvalue weighted by atomic mass is 10.3. The Balaban J connectivity index is 1.95. The van der Waals surface area contributed by atoms with Crippen LogP contribution >= 0.6 is 0 Å². The van der Waals surface area contributed by atoms with E-state index >= 15 is 0 Å². The van der Waals surface area contributed by atoms with Crippen LogP contribution < -0.4 is 0 Å². The molecule has 2 aromatic heterocycles. The fourth-order valence-electron chi connectivity index (χ4n) is 1.58. The van der Waals surface area contributed by atoms with Crippen molar-refractivity contribution in [1.82, 2.24) is 19.9 Å². The standard InChI is InChI=1S/C12H10N4/c1-2-4-11-10(3-1)15-12(16-11)6-5-9-7-13-8-14-9/h1-8H,(H,13,14)(H,15,16). The molecule has 2 heterocycles. The predicted molar refractivity (Wildman–Crippen MR) is 63.6 cm³/mol. The van der Waals surface area contributed by atoms with Crippen molar-refractivity contribution in [3.8, 4) is 0 Å². The Morgan fingerprint density at radius 3 is 2.88 bits per heavy atom. The zero-order valence-corrected chi connectivity index (χ0v) is 8.51. The van der Waals surface area contributed by atoms with Gasteiger partial charge < -0.3 is 9.97 Å². The van der Waals surface area contributed by atoms with Gasteiger partial charge in [-0.2, -0.15) is 0 Å². The molecule has 0 spiro atoms. The Kier molecular flexibility index (Phi) is 2.04. The summed E-state index contributed by atoms with van der Waals surface area (Å²) in [6.07, 6.45) is 7.27. The van der Waals surface area contributed by atoms with Crippen LogP contribution in [0.15, 0.2) is 36.8 Å². The Labute approximate surface area is 92.1 Å². The van der Waals surface area contributed by atoms with Crippen LogP contribution in [0.1, 0.15) is 11.5 Å². The quantitative estimate of drug-likeness (QED) is 0.682. The van der Waals surface area contributed by atoms with E-state index in [0.29, 0.717) is 0 Å². The molecule has 0 bridgehead atoms. The minimum Gasteiger partial charge on any atom is -0.345 e. The van der Waals surface area contributed by atoms with Gasteiger partial charge in [0.05, 0.1) is 29.3 Å². The molecule has 4 nitrogen and oxygen atoms in total. The summed E-state index contributed by atoms with van der Waals surface area (Å²) in [6.45, 7) is 0. The molecule has 0 amide bonds. The molecule has 0 unspecified atom stereocenters. The Bertz CT molecular complexity index is 586. The highest BCUT2D eigenvalue weighted by Gasteiger charge is 1.97. The molecular formula is C12H10N4. The van der Waals surface area contributed by atoms with Crippen LogP contribution in [-0.4, -0.2) is 19.9 Å². The first-order valence-corrected chi connectivity index (χ1v) is 5.03. The van der Waals surface area contributed by atoms with E-state index in [4.69, 9.17) is 0 Å². The van der Waals surface area contributed by atoms with Crippen molar-refractivity contribution in [2.24, 2.45) is 0 Å². The summed E-state index contributed by atoms with van der Waals surface area (Å²) in [4.78, 5) is 14.6. The summed E-state index contributed by atoms with van der Waals surface area (Å²) in [6, 6.07) is 7.96. The Hall–Kier alpha value is -2.36. The normalized spacial score (nSPS) is 11.5. The number of aromatic nitrogens is 4. The number of benzene rings is 1. The SMILES string of the molecule is C(=Cc1nc2ccccc2[nH]1)c1cnc[nH]1. The molecule has 0 fully saturated rings. The molecule has 2 N–H and O–H groups in total. The molecule has 4 heteroatoms. The third-order valence-electron chi connectivity index (χ3n) is 2.35. The second kappa shape index (κ2) is 3.66. The molecule has 0 atom stereocenters. The average Bonchev–Trinajstić information content (AvgIpc) is 2.95. The number of nitrogens with zero attached hydrogens (tertiary/aromatic N) is 2. The summed E-state index contributed by atoms with van der Waals surface area (Å²) >= 11 is 0. The lowest BCUT2D eigenvalue weighted by Crippen LogP contribution is -1.74. The van der Waals surface area contributed by atoms with Crippen molar-refractivity contribution in [3.63, 3.8) is 0 Å². The van der Waals surface area contributed by atoms with Gasteiger partial charge in [-0.1, -0.05) is 12.1 Å². The number of H-pyrrole nitrogens is 2. The molecule has 3 rings (SSSR count). The molecule has 78 valence electrons. The number of para-hydroxylation sites is 2. The summed E-state index contributed by atoms with van der Waals surface area (Å²) in [5.74, 6) is 0.843. The number of fused-ring (bicyclic) bond motifs is 1. The minimum atomic E-state index is 0.843. The van der Waals surface area contributed by atoms with Crippen molar-refractivity contribution in [2.45, 2.75) is 0 Å². The van der Waals surface area contributed by atoms with Crippen LogP contribution in [0, 0.1) is 0 Å². The van der Waals surface area contributed by atoms with Crippen molar-refractivity contribution >= 4 is 23.2 Å². The smallest absolute Gasteiger partial charge is 0.131 e. The predicted octanol–water partition coefficient (Wildman–Crippen LogP) is 2.46. The number of nitrogens with one attached hydrogen (secondary N) is 2. The van der Waals surface area contributed by atoms with Gasteiger partial charge >= 0.3 is 0 Å². The number of hydrogen-bond acceptors (Lipinski definition) is 2. The van der Waals surface area contributed by atoms with Gasteiger partial charge in [-0.25, -0.2) is 9.97 Å². The molecule has 0 aliphatic carbocycles. The molecule has 1 aromatic carbocycles. The van der Waals surface area contributed by atoms with Gasteiger partial charge in [0.1, 0.15) is 5.82 Å². The van der Waals surface area contributed by atoms with Crippen molar-refractivity contribution in [2.75, 3.05) is 0 Å². The van der Waals surface area contributed by atoms with Gasteiger partial charge in [-0.3, -0.25) is 0 Å². The van der Waals surface area contributed by atoms with E-state index < -0.39 is 0 Å². The molecule has 0 aliphatic heterocycles. The summed E-state index contributed by atoms with van der Waals surface area (Å²) in [7, 11) is 0. The monoisotopic (exact) mass is 210 g/mol. The fourth-order valence-corrected chi connectivity index (χ4v) is 1.58. The molecule has 0 saturated carbocycles. The van der Waals surface area contributed by atoms with Gasteiger partial charge in [0.2, 0.25) is 0 Å². The lowest BCUT2D eigenvalue weighted by molar-refractivity contribution is 1.29. The van der Waals surface area contributed by atoms with Crippen molar-refractivity contribution in [3.05, 3.63) is 48.3 Å². The third-order valence-corrected chi connectivity index (χ3v) is 2.35. The first kappa shape index (κ1) is 8.91. The summed E-state index contributed by atoms with van der Waals surface area (Å²) in [5, 5.41) is 0. The van der Waals surface area contributed by atoms with E-state index in [9.17, 15) is 0 Å². The Morgan fingerprint density at radius 2 is 2.06 bits per heavy atom. The van der Waals surface area contributed by atoms with E-state index in [1.165, 1.54) is 0 Å². The summed E-state index contributed by atoms with van der Waals surface area (Å²) in [5.41, 5.74) is 2.99. The van der Waals surface area contributed by atoms with Gasteiger partial charge in [0.15, 0.2) is 0 Å². The van der Waals surface area contributed by atoms with E-state index in [-0.39, 0.29) is 0 Å². The molecule has 0 radical (unpaired) electrons. The Morgan fingerprint density at radius 1 is 1.12 bits per heavy atom. The first-order chi connectivity index (χ1) is 7.92. The van der Waals surface area contributed by atoms with Crippen LogP contribution in [0.2, 0.25) is 0 Å². The maximum Gasteiger partial charge on any atom is 0.131 e. The number of aromatic amines is 2. The molecule has 16 heavy (non-hydrogen) atoms. The minimum absolute atomic E-state index is 0.843. The molecule has 0 saturated heterocycles. The average molecular weight is 210 g/mol. The summed E-state index contributed by atoms with van der Waals surface area (Å²) < 4.78 is 0. The topological polar surface area (TPSA) is 57.4 Å². The largest absolute Gasteiger partial charge is 0.345 e. The zero-order valence-electron chi connectivity index (χ0n) is 8.51. The van der Waals surface area contributed by atoms with E-state index in [1.807, 2.05) is 36.4 Å².